The molecule has 0 atom stereocenters. The molecule has 1 rings (SSSR count). The van der Waals surface area contributed by atoms with Crippen molar-refractivity contribution in [1.29, 1.82) is 0 Å². The summed E-state index contributed by atoms with van der Waals surface area (Å²) in [7, 11) is 0. The van der Waals surface area contributed by atoms with Gasteiger partial charge in [0.15, 0.2) is 0 Å². The zero-order valence-electron chi connectivity index (χ0n) is 7.94. The van der Waals surface area contributed by atoms with Crippen LogP contribution in [0.5, 0.6) is 0 Å². The number of alkyl halides is 4. The van der Waals surface area contributed by atoms with Crippen molar-refractivity contribution < 1.29 is 18.0 Å². The molecule has 88 valence electrons. The van der Waals surface area contributed by atoms with Crippen LogP contribution in [-0.2, 0) is 17.4 Å². The number of Topliss-reactive ketones (excluding diaryl/α,β-unsaturated/α-hetero) is 1. The third-order valence-electron chi connectivity index (χ3n) is 1.92. The molecule has 0 aliphatic rings. The minimum atomic E-state index is -4.34. The zero-order valence-corrected chi connectivity index (χ0v) is 11.7. The van der Waals surface area contributed by atoms with Crippen molar-refractivity contribution in [3.8, 4) is 0 Å². The summed E-state index contributed by atoms with van der Waals surface area (Å²) in [5, 5.41) is 0.212. The second-order valence-electron chi connectivity index (χ2n) is 3.15. The van der Waals surface area contributed by atoms with E-state index >= 15 is 0 Å². The maximum atomic E-state index is 12.4. The monoisotopic (exact) mass is 406 g/mol. The van der Waals surface area contributed by atoms with Crippen LogP contribution in [0.15, 0.2) is 18.2 Å². The first kappa shape index (κ1) is 14.0. The molecular formula is C10H7BrF3IO. The molecule has 16 heavy (non-hydrogen) atoms. The zero-order chi connectivity index (χ0) is 12.3. The molecular weight excluding hydrogens is 400 g/mol. The van der Waals surface area contributed by atoms with E-state index < -0.39 is 11.7 Å². The Morgan fingerprint density at radius 2 is 2.00 bits per heavy atom. The first-order chi connectivity index (χ1) is 7.34. The van der Waals surface area contributed by atoms with Gasteiger partial charge in [-0.15, -0.1) is 0 Å². The molecule has 1 aromatic rings. The lowest BCUT2D eigenvalue weighted by atomic mass is 10.1. The second kappa shape index (κ2) is 5.48. The Hall–Kier alpha value is -0.110. The quantitative estimate of drug-likeness (QED) is 0.551. The topological polar surface area (TPSA) is 17.1 Å². The summed E-state index contributed by atoms with van der Waals surface area (Å²) in [4.78, 5) is 11.1. The molecule has 0 amide bonds. The van der Waals surface area contributed by atoms with Crippen LogP contribution in [0.25, 0.3) is 0 Å². The Morgan fingerprint density at radius 3 is 2.44 bits per heavy atom. The molecule has 0 aliphatic carbocycles. The minimum absolute atomic E-state index is 0.0577. The van der Waals surface area contributed by atoms with Crippen LogP contribution in [0.2, 0.25) is 0 Å². The van der Waals surface area contributed by atoms with Crippen LogP contribution in [0.3, 0.4) is 0 Å². The van der Waals surface area contributed by atoms with E-state index in [1.165, 1.54) is 6.07 Å². The molecule has 6 heteroatoms. The van der Waals surface area contributed by atoms with Gasteiger partial charge in [-0.05, 0) is 40.3 Å². The molecule has 0 aliphatic heterocycles. The van der Waals surface area contributed by atoms with Crippen molar-refractivity contribution in [3.05, 3.63) is 32.9 Å². The molecule has 0 bridgehead atoms. The Balaban J connectivity index is 2.96. The van der Waals surface area contributed by atoms with Gasteiger partial charge in [0.25, 0.3) is 0 Å². The van der Waals surface area contributed by atoms with Gasteiger partial charge < -0.3 is 0 Å². The first-order valence-corrected chi connectivity index (χ1v) is 6.48. The summed E-state index contributed by atoms with van der Waals surface area (Å²) in [5.74, 6) is -0.0577. The maximum Gasteiger partial charge on any atom is 0.416 e. The fourth-order valence-corrected chi connectivity index (χ4v) is 2.03. The van der Waals surface area contributed by atoms with Crippen molar-refractivity contribution in [2.75, 3.05) is 5.33 Å². The number of benzene rings is 1. The summed E-state index contributed by atoms with van der Waals surface area (Å²) in [6.07, 6.45) is -4.18. The standard InChI is InChI=1S/C10H7BrF3IO/c11-5-8(16)3-6-1-2-7(4-9(6)15)10(12,13)14/h1-2,4H,3,5H2. The largest absolute Gasteiger partial charge is 0.416 e. The number of hydrogen-bond acceptors (Lipinski definition) is 1. The SMILES string of the molecule is O=C(CBr)Cc1ccc(C(F)(F)F)cc1I. The lowest BCUT2D eigenvalue weighted by Crippen LogP contribution is -2.08. The van der Waals surface area contributed by atoms with Gasteiger partial charge in [0.05, 0.1) is 10.9 Å². The fraction of sp³-hybridized carbons (Fsp3) is 0.300. The van der Waals surface area contributed by atoms with Gasteiger partial charge in [-0.3, -0.25) is 4.79 Å². The smallest absolute Gasteiger partial charge is 0.298 e. The fourth-order valence-electron chi connectivity index (χ4n) is 1.13. The van der Waals surface area contributed by atoms with Crippen LogP contribution in [0.1, 0.15) is 11.1 Å². The number of carbonyl (C=O) groups is 1. The molecule has 0 N–H and O–H groups in total. The lowest BCUT2D eigenvalue weighted by Gasteiger charge is -2.09. The van der Waals surface area contributed by atoms with Gasteiger partial charge in [0.2, 0.25) is 0 Å². The van der Waals surface area contributed by atoms with E-state index in [1.54, 1.807) is 0 Å². The van der Waals surface area contributed by atoms with Crippen LogP contribution in [-0.4, -0.2) is 11.1 Å². The normalized spacial score (nSPS) is 11.6. The molecule has 0 saturated heterocycles. The van der Waals surface area contributed by atoms with Gasteiger partial charge >= 0.3 is 6.18 Å². The Labute approximate surface area is 113 Å². The van der Waals surface area contributed by atoms with Crippen LogP contribution in [0.4, 0.5) is 13.2 Å². The molecule has 1 aromatic carbocycles. The first-order valence-electron chi connectivity index (χ1n) is 4.28. The van der Waals surface area contributed by atoms with E-state index in [0.29, 0.717) is 9.13 Å². The van der Waals surface area contributed by atoms with Crippen molar-refractivity contribution in [2.24, 2.45) is 0 Å². The van der Waals surface area contributed by atoms with Crippen molar-refractivity contribution in [1.82, 2.24) is 0 Å². The molecule has 0 unspecified atom stereocenters. The number of ketones is 1. The van der Waals surface area contributed by atoms with Gasteiger partial charge in [-0.1, -0.05) is 22.0 Å². The van der Waals surface area contributed by atoms with Gasteiger partial charge in [0, 0.05) is 9.99 Å². The summed E-state index contributed by atoms with van der Waals surface area (Å²) >= 11 is 4.82. The highest BCUT2D eigenvalue weighted by Crippen LogP contribution is 2.31. The van der Waals surface area contributed by atoms with Crippen molar-refractivity contribution in [2.45, 2.75) is 12.6 Å². The van der Waals surface area contributed by atoms with Gasteiger partial charge in [0.1, 0.15) is 5.78 Å². The molecule has 0 heterocycles. The highest BCUT2D eigenvalue weighted by Gasteiger charge is 2.30. The predicted octanol–water partition coefficient (Wildman–Crippen LogP) is 3.82. The highest BCUT2D eigenvalue weighted by molar-refractivity contribution is 14.1. The Kier molecular flexibility index (Phi) is 4.78. The lowest BCUT2D eigenvalue weighted by molar-refractivity contribution is -0.137. The van der Waals surface area contributed by atoms with E-state index in [1.807, 2.05) is 22.6 Å². The Bertz CT molecular complexity index is 404. The summed E-state index contributed by atoms with van der Waals surface area (Å²) in [5.41, 5.74) is -0.0648. The molecule has 0 radical (unpaired) electrons. The van der Waals surface area contributed by atoms with Gasteiger partial charge in [-0.25, -0.2) is 0 Å². The number of carbonyl (C=O) groups excluding carboxylic acids is 1. The predicted molar refractivity (Wildman–Crippen MR) is 66.7 cm³/mol. The third-order valence-corrected chi connectivity index (χ3v) is 3.55. The third kappa shape index (κ3) is 3.73. The average molecular weight is 407 g/mol. The number of hydrogen-bond donors (Lipinski definition) is 0. The van der Waals surface area contributed by atoms with Crippen LogP contribution in [0, 0.1) is 3.57 Å². The van der Waals surface area contributed by atoms with Crippen LogP contribution >= 0.6 is 38.5 Å². The number of rotatable bonds is 3. The average Bonchev–Trinajstić information content (AvgIpc) is 2.19. The Morgan fingerprint density at radius 1 is 1.38 bits per heavy atom. The second-order valence-corrected chi connectivity index (χ2v) is 4.88. The molecule has 0 fully saturated rings. The molecule has 1 nitrogen and oxygen atoms in total. The molecule has 0 spiro atoms. The summed E-state index contributed by atoms with van der Waals surface area (Å²) in [6, 6.07) is 3.40. The van der Waals surface area contributed by atoms with E-state index in [9.17, 15) is 18.0 Å². The van der Waals surface area contributed by atoms with Crippen LogP contribution < -0.4 is 0 Å². The van der Waals surface area contributed by atoms with E-state index in [0.717, 1.165) is 12.1 Å². The molecule has 0 saturated carbocycles. The van der Waals surface area contributed by atoms with E-state index in [-0.39, 0.29) is 17.5 Å². The number of halogens is 5. The van der Waals surface area contributed by atoms with Gasteiger partial charge in [-0.2, -0.15) is 13.2 Å². The maximum absolute atomic E-state index is 12.4. The minimum Gasteiger partial charge on any atom is -0.298 e. The highest BCUT2D eigenvalue weighted by atomic mass is 127. The van der Waals surface area contributed by atoms with Crippen molar-refractivity contribution >= 4 is 44.3 Å². The van der Waals surface area contributed by atoms with E-state index in [2.05, 4.69) is 15.9 Å². The van der Waals surface area contributed by atoms with Crippen molar-refractivity contribution in [3.63, 3.8) is 0 Å². The molecule has 0 aromatic heterocycles. The summed E-state index contributed by atoms with van der Waals surface area (Å²) in [6.45, 7) is 0. The van der Waals surface area contributed by atoms with E-state index in [4.69, 9.17) is 0 Å². The summed E-state index contributed by atoms with van der Waals surface area (Å²) < 4.78 is 37.5.